The van der Waals surface area contributed by atoms with Crippen LogP contribution in [0.2, 0.25) is 0 Å². The van der Waals surface area contributed by atoms with Gasteiger partial charge >= 0.3 is 5.69 Å². The van der Waals surface area contributed by atoms with E-state index in [9.17, 15) is 28.0 Å². The van der Waals surface area contributed by atoms with Crippen LogP contribution in [0, 0.1) is 28.8 Å². The van der Waals surface area contributed by atoms with Crippen molar-refractivity contribution in [3.8, 4) is 11.9 Å². The molecule has 3 aromatic heterocycles. The van der Waals surface area contributed by atoms with Crippen molar-refractivity contribution in [2.75, 3.05) is 4.90 Å². The molecule has 0 fully saturated rings. The second kappa shape index (κ2) is 9.33. The third-order valence-corrected chi connectivity index (χ3v) is 6.83. The van der Waals surface area contributed by atoms with Gasteiger partial charge in [0, 0.05) is 25.7 Å². The lowest BCUT2D eigenvalue weighted by Crippen LogP contribution is -2.44. The lowest BCUT2D eigenvalue weighted by molar-refractivity contribution is 0.445. The van der Waals surface area contributed by atoms with Gasteiger partial charge in [0.2, 0.25) is 0 Å². The highest BCUT2D eigenvalue weighted by Gasteiger charge is 2.29. The summed E-state index contributed by atoms with van der Waals surface area (Å²) in [5.41, 5.74) is 0.944. The Hall–Kier alpha value is -5.11. The average molecular weight is 528 g/mol. The molecule has 194 valence electrons. The number of aromatic nitrogens is 4. The molecular weight excluding hydrogens is 509 g/mol. The van der Waals surface area contributed by atoms with Crippen molar-refractivity contribution < 1.29 is 13.2 Å². The maximum absolute atomic E-state index is 14.1. The summed E-state index contributed by atoms with van der Waals surface area (Å²) in [5.74, 6) is -4.11. The van der Waals surface area contributed by atoms with Crippen molar-refractivity contribution in [2.24, 2.45) is 0 Å². The van der Waals surface area contributed by atoms with E-state index in [1.54, 1.807) is 33.7 Å². The highest BCUT2D eigenvalue weighted by atomic mass is 19.2. The van der Waals surface area contributed by atoms with Gasteiger partial charge in [-0.25, -0.2) is 27.5 Å². The minimum atomic E-state index is -1.62. The first kappa shape index (κ1) is 24.2. The molecule has 0 saturated heterocycles. The number of anilines is 1. The normalized spacial score (nSPS) is 12.6. The summed E-state index contributed by atoms with van der Waals surface area (Å²) in [6.07, 6.45) is 2.67. The van der Waals surface area contributed by atoms with Crippen LogP contribution in [-0.2, 0) is 26.1 Å². The van der Waals surface area contributed by atoms with Crippen LogP contribution in [0.4, 0.5) is 19.0 Å². The summed E-state index contributed by atoms with van der Waals surface area (Å²) in [7, 11) is 0. The van der Waals surface area contributed by atoms with Crippen molar-refractivity contribution in [1.29, 1.82) is 5.26 Å². The maximum Gasteiger partial charge on any atom is 0.339 e. The van der Waals surface area contributed by atoms with Gasteiger partial charge in [0.25, 0.3) is 5.56 Å². The summed E-state index contributed by atoms with van der Waals surface area (Å²) >= 11 is 0. The molecular formula is C28H19F3N6O2. The fraction of sp³-hybridized carbons (Fsp3) is 0.143. The van der Waals surface area contributed by atoms with Crippen LogP contribution in [0.1, 0.15) is 22.3 Å². The summed E-state index contributed by atoms with van der Waals surface area (Å²) in [6.45, 7) is 0.301. The van der Waals surface area contributed by atoms with E-state index in [4.69, 9.17) is 0 Å². The molecule has 4 heterocycles. The van der Waals surface area contributed by atoms with E-state index in [0.717, 1.165) is 27.8 Å². The first-order valence-electron chi connectivity index (χ1n) is 12.0. The first-order chi connectivity index (χ1) is 18.9. The molecule has 0 saturated carbocycles. The van der Waals surface area contributed by atoms with Crippen LogP contribution in [0.15, 0.2) is 76.6 Å². The number of hydrogen-bond donors (Lipinski definition) is 0. The molecule has 39 heavy (non-hydrogen) atoms. The van der Waals surface area contributed by atoms with E-state index in [1.165, 1.54) is 10.8 Å². The van der Waals surface area contributed by atoms with Crippen LogP contribution in [-0.4, -0.2) is 18.5 Å². The Balaban J connectivity index is 1.64. The number of benzene rings is 2. The Morgan fingerprint density at radius 3 is 2.28 bits per heavy atom. The molecule has 0 radical (unpaired) electrons. The van der Waals surface area contributed by atoms with Gasteiger partial charge < -0.3 is 4.90 Å². The van der Waals surface area contributed by atoms with E-state index in [-0.39, 0.29) is 29.2 Å². The van der Waals surface area contributed by atoms with Gasteiger partial charge in [-0.1, -0.05) is 30.3 Å². The zero-order chi connectivity index (χ0) is 27.3. The van der Waals surface area contributed by atoms with Gasteiger partial charge in [0.05, 0.1) is 17.8 Å². The SMILES string of the molecule is N#CCn1c(N2Cc3ccccc3C2)c(Cc2cc(F)c(F)c(F)c2)c(=O)n(-c2cnc3ccccn23)c1=O. The second-order valence-corrected chi connectivity index (χ2v) is 9.19. The van der Waals surface area contributed by atoms with E-state index in [2.05, 4.69) is 4.98 Å². The number of pyridine rings is 1. The predicted molar refractivity (Wildman–Crippen MR) is 136 cm³/mol. The molecule has 8 nitrogen and oxygen atoms in total. The number of nitriles is 1. The van der Waals surface area contributed by atoms with Crippen molar-refractivity contribution in [1.82, 2.24) is 18.5 Å². The molecule has 0 unspecified atom stereocenters. The molecule has 2 aromatic carbocycles. The standard InChI is InChI=1S/C28H19F3N6O2/c29-21-12-17(13-22(30)25(21)31)11-20-26(34-15-18-5-1-2-6-19(18)16-34)36(10-8-32)28(39)37(27(20)38)24-14-33-23-7-3-4-9-35(23)24/h1-7,9,12-14H,10-11,15-16H2. The van der Waals surface area contributed by atoms with Gasteiger partial charge in [-0.05, 0) is 41.0 Å². The Morgan fingerprint density at radius 1 is 0.949 bits per heavy atom. The van der Waals surface area contributed by atoms with E-state index >= 15 is 0 Å². The molecule has 0 N–H and O–H groups in total. The fourth-order valence-corrected chi connectivity index (χ4v) is 5.10. The maximum atomic E-state index is 14.1. The number of halogens is 3. The van der Waals surface area contributed by atoms with Gasteiger partial charge in [-0.3, -0.25) is 13.8 Å². The van der Waals surface area contributed by atoms with Crippen LogP contribution in [0.5, 0.6) is 0 Å². The molecule has 0 amide bonds. The molecule has 0 spiro atoms. The Morgan fingerprint density at radius 2 is 1.62 bits per heavy atom. The zero-order valence-corrected chi connectivity index (χ0v) is 20.3. The van der Waals surface area contributed by atoms with Gasteiger partial charge in [0.1, 0.15) is 23.8 Å². The van der Waals surface area contributed by atoms with Crippen LogP contribution < -0.4 is 16.1 Å². The number of imidazole rings is 1. The molecule has 1 aliphatic rings. The Kier molecular flexibility index (Phi) is 5.80. The summed E-state index contributed by atoms with van der Waals surface area (Å²) in [6, 6.07) is 16.4. The summed E-state index contributed by atoms with van der Waals surface area (Å²) in [4.78, 5) is 34.0. The van der Waals surface area contributed by atoms with Crippen molar-refractivity contribution in [3.05, 3.63) is 128 Å². The van der Waals surface area contributed by atoms with E-state index in [1.807, 2.05) is 30.3 Å². The fourth-order valence-electron chi connectivity index (χ4n) is 5.10. The largest absolute Gasteiger partial charge is 0.349 e. The summed E-state index contributed by atoms with van der Waals surface area (Å²) in [5, 5.41) is 9.66. The molecule has 11 heteroatoms. The lowest BCUT2D eigenvalue weighted by atomic mass is 10.0. The topological polar surface area (TPSA) is 88.3 Å². The molecule has 0 atom stereocenters. The molecule has 6 rings (SSSR count). The van der Waals surface area contributed by atoms with Gasteiger partial charge in [-0.15, -0.1) is 0 Å². The van der Waals surface area contributed by atoms with Crippen LogP contribution in [0.25, 0.3) is 11.5 Å². The third-order valence-electron chi connectivity index (χ3n) is 6.83. The molecule has 0 aliphatic carbocycles. The van der Waals surface area contributed by atoms with E-state index < -0.39 is 35.2 Å². The van der Waals surface area contributed by atoms with Crippen molar-refractivity contribution >= 4 is 11.5 Å². The second-order valence-electron chi connectivity index (χ2n) is 9.19. The van der Waals surface area contributed by atoms with Crippen molar-refractivity contribution in [3.63, 3.8) is 0 Å². The minimum absolute atomic E-state index is 0.00619. The number of nitrogens with zero attached hydrogens (tertiary/aromatic N) is 6. The Bertz CT molecular complexity index is 1890. The quantitative estimate of drug-likeness (QED) is 0.325. The average Bonchev–Trinajstić information content (AvgIpc) is 3.55. The third kappa shape index (κ3) is 3.97. The lowest BCUT2D eigenvalue weighted by Gasteiger charge is -2.26. The zero-order valence-electron chi connectivity index (χ0n) is 20.3. The highest BCUT2D eigenvalue weighted by Crippen LogP contribution is 2.30. The van der Waals surface area contributed by atoms with E-state index in [0.29, 0.717) is 18.7 Å². The Labute approximate surface area is 219 Å². The molecule has 5 aromatic rings. The van der Waals surface area contributed by atoms with Gasteiger partial charge in [0.15, 0.2) is 17.5 Å². The monoisotopic (exact) mass is 528 g/mol. The predicted octanol–water partition coefficient (Wildman–Crippen LogP) is 3.70. The highest BCUT2D eigenvalue weighted by molar-refractivity contribution is 5.55. The van der Waals surface area contributed by atoms with Crippen LogP contribution in [0.3, 0.4) is 0 Å². The first-order valence-corrected chi connectivity index (χ1v) is 12.0. The number of hydrogen-bond acceptors (Lipinski definition) is 5. The summed E-state index contributed by atoms with van der Waals surface area (Å²) < 4.78 is 45.6. The number of fused-ring (bicyclic) bond motifs is 2. The number of rotatable bonds is 5. The molecule has 0 bridgehead atoms. The molecule has 1 aliphatic heterocycles. The smallest absolute Gasteiger partial charge is 0.339 e. The van der Waals surface area contributed by atoms with Gasteiger partial charge in [-0.2, -0.15) is 5.26 Å². The van der Waals surface area contributed by atoms with Crippen LogP contribution >= 0.6 is 0 Å². The minimum Gasteiger partial charge on any atom is -0.349 e. The van der Waals surface area contributed by atoms with Crippen molar-refractivity contribution in [2.45, 2.75) is 26.1 Å².